The maximum Gasteiger partial charge on any atom is 0.168 e. The first-order valence-corrected chi connectivity index (χ1v) is 6.66. The Balaban J connectivity index is 2.19. The molecular formula is C16H14FN3O2. The van der Waals surface area contributed by atoms with Crippen molar-refractivity contribution in [3.05, 3.63) is 54.1 Å². The Morgan fingerprint density at radius 2 is 1.86 bits per heavy atom. The topological polar surface area (TPSA) is 60.2 Å². The molecular weight excluding hydrogens is 285 g/mol. The number of hydrogen-bond acceptors (Lipinski definition) is 4. The van der Waals surface area contributed by atoms with Crippen LogP contribution in [0, 0.1) is 12.7 Å². The molecule has 0 saturated carbocycles. The fourth-order valence-electron chi connectivity index (χ4n) is 2.22. The van der Waals surface area contributed by atoms with E-state index in [1.807, 2.05) is 0 Å². The highest BCUT2D eigenvalue weighted by molar-refractivity contribution is 5.69. The van der Waals surface area contributed by atoms with Crippen molar-refractivity contribution >= 4 is 0 Å². The van der Waals surface area contributed by atoms with Crippen LogP contribution in [0.25, 0.3) is 17.1 Å². The molecule has 0 spiro atoms. The van der Waals surface area contributed by atoms with Crippen LogP contribution in [0.15, 0.2) is 42.5 Å². The zero-order valence-corrected chi connectivity index (χ0v) is 12.1. The van der Waals surface area contributed by atoms with Crippen molar-refractivity contribution in [2.75, 3.05) is 7.11 Å². The molecule has 0 fully saturated rings. The van der Waals surface area contributed by atoms with Gasteiger partial charge in [0.2, 0.25) is 0 Å². The van der Waals surface area contributed by atoms with E-state index in [-0.39, 0.29) is 11.6 Å². The minimum atomic E-state index is -0.327. The number of nitrogens with zero attached hydrogens (tertiary/aromatic N) is 3. The van der Waals surface area contributed by atoms with Crippen LogP contribution in [0.3, 0.4) is 0 Å². The van der Waals surface area contributed by atoms with Gasteiger partial charge in [0.1, 0.15) is 11.6 Å². The molecule has 1 aromatic heterocycles. The highest BCUT2D eigenvalue weighted by Crippen LogP contribution is 2.36. The van der Waals surface area contributed by atoms with E-state index in [1.54, 1.807) is 41.9 Å². The van der Waals surface area contributed by atoms with Crippen LogP contribution in [-0.4, -0.2) is 27.0 Å². The normalized spacial score (nSPS) is 10.7. The predicted molar refractivity (Wildman–Crippen MR) is 79.7 cm³/mol. The number of aryl methyl sites for hydroxylation is 1. The van der Waals surface area contributed by atoms with Gasteiger partial charge in [-0.15, -0.1) is 0 Å². The Morgan fingerprint density at radius 1 is 1.14 bits per heavy atom. The third kappa shape index (κ3) is 2.39. The smallest absolute Gasteiger partial charge is 0.168 e. The largest absolute Gasteiger partial charge is 0.504 e. The maximum atomic E-state index is 13.1. The quantitative estimate of drug-likeness (QED) is 0.807. The molecule has 0 aliphatic heterocycles. The molecule has 0 amide bonds. The van der Waals surface area contributed by atoms with E-state index < -0.39 is 0 Å². The van der Waals surface area contributed by atoms with Crippen LogP contribution in [0.2, 0.25) is 0 Å². The standard InChI is InChI=1S/C16H14FN3O2/c1-10-18-16(13-4-3-5-14(22-2)15(13)21)20(19-10)12-8-6-11(17)7-9-12/h3-9,21H,1-2H3. The molecule has 0 bridgehead atoms. The minimum Gasteiger partial charge on any atom is -0.504 e. The molecule has 2 aromatic carbocycles. The summed E-state index contributed by atoms with van der Waals surface area (Å²) >= 11 is 0. The van der Waals surface area contributed by atoms with Gasteiger partial charge in [0.15, 0.2) is 17.3 Å². The number of halogens is 1. The summed E-state index contributed by atoms with van der Waals surface area (Å²) in [5.41, 5.74) is 1.14. The number of hydrogen-bond donors (Lipinski definition) is 1. The molecule has 3 rings (SSSR count). The fourth-order valence-corrected chi connectivity index (χ4v) is 2.22. The van der Waals surface area contributed by atoms with Crippen LogP contribution in [-0.2, 0) is 0 Å². The van der Waals surface area contributed by atoms with E-state index in [4.69, 9.17) is 4.74 Å². The van der Waals surface area contributed by atoms with Crippen molar-refractivity contribution in [1.82, 2.24) is 14.8 Å². The summed E-state index contributed by atoms with van der Waals surface area (Å²) in [6.45, 7) is 1.75. The second-order valence-corrected chi connectivity index (χ2v) is 4.73. The number of rotatable bonds is 3. The van der Waals surface area contributed by atoms with Crippen molar-refractivity contribution in [2.45, 2.75) is 6.92 Å². The summed E-state index contributed by atoms with van der Waals surface area (Å²) < 4.78 is 19.8. The molecule has 0 aliphatic carbocycles. The number of ether oxygens (including phenoxy) is 1. The fraction of sp³-hybridized carbons (Fsp3) is 0.125. The van der Waals surface area contributed by atoms with Crippen LogP contribution >= 0.6 is 0 Å². The van der Waals surface area contributed by atoms with Gasteiger partial charge in [-0.05, 0) is 43.3 Å². The van der Waals surface area contributed by atoms with E-state index in [9.17, 15) is 9.50 Å². The van der Waals surface area contributed by atoms with Crippen molar-refractivity contribution in [3.63, 3.8) is 0 Å². The molecule has 5 nitrogen and oxygen atoms in total. The molecule has 0 unspecified atom stereocenters. The Bertz CT molecular complexity index is 813. The van der Waals surface area contributed by atoms with Gasteiger partial charge < -0.3 is 9.84 Å². The molecule has 0 saturated heterocycles. The highest BCUT2D eigenvalue weighted by atomic mass is 19.1. The van der Waals surface area contributed by atoms with Gasteiger partial charge in [0, 0.05) is 0 Å². The van der Waals surface area contributed by atoms with Crippen molar-refractivity contribution < 1.29 is 14.2 Å². The van der Waals surface area contributed by atoms with Crippen LogP contribution < -0.4 is 4.74 Å². The van der Waals surface area contributed by atoms with Gasteiger partial charge >= 0.3 is 0 Å². The zero-order chi connectivity index (χ0) is 15.7. The summed E-state index contributed by atoms with van der Waals surface area (Å²) in [5.74, 6) is 1.01. The monoisotopic (exact) mass is 299 g/mol. The van der Waals surface area contributed by atoms with Crippen molar-refractivity contribution in [2.24, 2.45) is 0 Å². The summed E-state index contributed by atoms with van der Waals surface area (Å²) in [7, 11) is 1.48. The van der Waals surface area contributed by atoms with Gasteiger partial charge in [-0.1, -0.05) is 6.07 Å². The van der Waals surface area contributed by atoms with Gasteiger partial charge in [-0.3, -0.25) is 0 Å². The Labute approximate surface area is 126 Å². The lowest BCUT2D eigenvalue weighted by Gasteiger charge is -2.10. The number of phenolic OH excluding ortho intramolecular Hbond substituents is 1. The predicted octanol–water partition coefficient (Wildman–Crippen LogP) is 3.10. The minimum absolute atomic E-state index is 0.0132. The second kappa shape index (κ2) is 5.48. The second-order valence-electron chi connectivity index (χ2n) is 4.73. The lowest BCUT2D eigenvalue weighted by Crippen LogP contribution is -2.00. The highest BCUT2D eigenvalue weighted by Gasteiger charge is 2.17. The van der Waals surface area contributed by atoms with Crippen molar-refractivity contribution in [1.29, 1.82) is 0 Å². The van der Waals surface area contributed by atoms with Gasteiger partial charge in [0.05, 0.1) is 18.4 Å². The molecule has 112 valence electrons. The number of phenols is 1. The molecule has 1 N–H and O–H groups in total. The van der Waals surface area contributed by atoms with Crippen molar-refractivity contribution in [3.8, 4) is 28.6 Å². The number of aromatic hydroxyl groups is 1. The lowest BCUT2D eigenvalue weighted by atomic mass is 10.1. The Hall–Kier alpha value is -2.89. The molecule has 0 atom stereocenters. The molecule has 0 radical (unpaired) electrons. The average molecular weight is 299 g/mol. The van der Waals surface area contributed by atoms with Gasteiger partial charge in [-0.25, -0.2) is 14.1 Å². The molecule has 3 aromatic rings. The zero-order valence-electron chi connectivity index (χ0n) is 12.1. The first-order chi connectivity index (χ1) is 10.6. The summed E-state index contributed by atoms with van der Waals surface area (Å²) in [6, 6.07) is 11.0. The first-order valence-electron chi connectivity index (χ1n) is 6.66. The lowest BCUT2D eigenvalue weighted by molar-refractivity contribution is 0.374. The Kier molecular flexibility index (Phi) is 3.50. The van der Waals surface area contributed by atoms with E-state index in [0.717, 1.165) is 0 Å². The molecule has 6 heteroatoms. The van der Waals surface area contributed by atoms with Crippen LogP contribution in [0.5, 0.6) is 11.5 Å². The number of para-hydroxylation sites is 1. The number of methoxy groups -OCH3 is 1. The third-order valence-electron chi connectivity index (χ3n) is 3.24. The van der Waals surface area contributed by atoms with E-state index in [2.05, 4.69) is 10.1 Å². The first kappa shape index (κ1) is 14.1. The third-order valence-corrected chi connectivity index (χ3v) is 3.24. The van der Waals surface area contributed by atoms with Gasteiger partial charge in [-0.2, -0.15) is 5.10 Å². The summed E-state index contributed by atoms with van der Waals surface area (Å²) in [5, 5.41) is 14.6. The molecule has 0 aliphatic rings. The van der Waals surface area contributed by atoms with Gasteiger partial charge in [0.25, 0.3) is 0 Å². The van der Waals surface area contributed by atoms with Crippen LogP contribution in [0.1, 0.15) is 5.82 Å². The average Bonchev–Trinajstić information content (AvgIpc) is 2.90. The molecule has 22 heavy (non-hydrogen) atoms. The van der Waals surface area contributed by atoms with E-state index in [1.165, 1.54) is 19.2 Å². The summed E-state index contributed by atoms with van der Waals surface area (Å²) in [4.78, 5) is 4.36. The SMILES string of the molecule is COc1cccc(-c2nc(C)nn2-c2ccc(F)cc2)c1O. The van der Waals surface area contributed by atoms with E-state index in [0.29, 0.717) is 28.6 Å². The Morgan fingerprint density at radius 3 is 2.55 bits per heavy atom. The number of aromatic nitrogens is 3. The maximum absolute atomic E-state index is 13.1. The number of benzene rings is 2. The summed E-state index contributed by atoms with van der Waals surface area (Å²) in [6.07, 6.45) is 0. The molecule has 1 heterocycles. The van der Waals surface area contributed by atoms with Crippen LogP contribution in [0.4, 0.5) is 4.39 Å². The van der Waals surface area contributed by atoms with E-state index >= 15 is 0 Å².